The second kappa shape index (κ2) is 8.31. The third-order valence-electron chi connectivity index (χ3n) is 4.48. The first-order chi connectivity index (χ1) is 13.0. The minimum absolute atomic E-state index is 0.112. The lowest BCUT2D eigenvalue weighted by molar-refractivity contribution is -0.123. The number of benzene rings is 2. The Morgan fingerprint density at radius 3 is 2.63 bits per heavy atom. The number of rotatable bonds is 4. The molecular weight excluding hydrogens is 366 g/mol. The van der Waals surface area contributed by atoms with Gasteiger partial charge in [0.2, 0.25) is 5.91 Å². The van der Waals surface area contributed by atoms with Gasteiger partial charge in [0, 0.05) is 18.8 Å². The van der Waals surface area contributed by atoms with Crippen molar-refractivity contribution in [3.8, 4) is 5.75 Å². The van der Waals surface area contributed by atoms with E-state index in [1.807, 2.05) is 37.3 Å². The van der Waals surface area contributed by atoms with E-state index in [4.69, 9.17) is 16.3 Å². The van der Waals surface area contributed by atoms with Gasteiger partial charge in [-0.05, 0) is 38.1 Å². The molecule has 7 heteroatoms. The molecule has 142 valence electrons. The van der Waals surface area contributed by atoms with Gasteiger partial charge < -0.3 is 19.9 Å². The molecule has 0 bridgehead atoms. The number of halogens is 1. The maximum Gasteiger partial charge on any atom is 0.322 e. The van der Waals surface area contributed by atoms with Crippen molar-refractivity contribution in [2.45, 2.75) is 19.9 Å². The Labute approximate surface area is 163 Å². The van der Waals surface area contributed by atoms with Crippen molar-refractivity contribution in [1.29, 1.82) is 0 Å². The van der Waals surface area contributed by atoms with Crippen LogP contribution in [0.2, 0.25) is 5.02 Å². The number of para-hydroxylation sites is 2. The van der Waals surface area contributed by atoms with Crippen molar-refractivity contribution in [2.75, 3.05) is 29.9 Å². The number of ether oxygens (including phenoxy) is 1. The Hall–Kier alpha value is -2.73. The van der Waals surface area contributed by atoms with Gasteiger partial charge in [-0.2, -0.15) is 0 Å². The van der Waals surface area contributed by atoms with E-state index in [-0.39, 0.29) is 11.9 Å². The van der Waals surface area contributed by atoms with Gasteiger partial charge in [-0.1, -0.05) is 35.9 Å². The molecule has 1 heterocycles. The third kappa shape index (κ3) is 4.01. The number of piperazine rings is 1. The number of amides is 3. The first kappa shape index (κ1) is 19.0. The Balaban J connectivity index is 1.74. The minimum atomic E-state index is -0.575. The highest BCUT2D eigenvalue weighted by molar-refractivity contribution is 6.32. The molecule has 1 saturated heterocycles. The lowest BCUT2D eigenvalue weighted by Gasteiger charge is -2.39. The van der Waals surface area contributed by atoms with Crippen molar-refractivity contribution in [3.63, 3.8) is 0 Å². The predicted molar refractivity (Wildman–Crippen MR) is 107 cm³/mol. The van der Waals surface area contributed by atoms with E-state index >= 15 is 0 Å². The first-order valence-electron chi connectivity index (χ1n) is 8.88. The molecule has 6 nitrogen and oxygen atoms in total. The molecule has 1 aliphatic rings. The van der Waals surface area contributed by atoms with Gasteiger partial charge in [-0.15, -0.1) is 0 Å². The maximum absolute atomic E-state index is 12.8. The summed E-state index contributed by atoms with van der Waals surface area (Å²) in [5.74, 6) is 0.315. The summed E-state index contributed by atoms with van der Waals surface area (Å²) >= 11 is 6.17. The average molecular weight is 388 g/mol. The van der Waals surface area contributed by atoms with Crippen LogP contribution in [0.25, 0.3) is 0 Å². The lowest BCUT2D eigenvalue weighted by atomic mass is 10.1. The van der Waals surface area contributed by atoms with Crippen molar-refractivity contribution < 1.29 is 14.3 Å². The molecule has 0 spiro atoms. The molecule has 3 rings (SSSR count). The van der Waals surface area contributed by atoms with E-state index in [1.165, 1.54) is 4.90 Å². The molecule has 3 amide bonds. The maximum atomic E-state index is 12.8. The van der Waals surface area contributed by atoms with Crippen LogP contribution in [-0.2, 0) is 4.79 Å². The first-order valence-corrected chi connectivity index (χ1v) is 9.26. The Morgan fingerprint density at radius 2 is 1.93 bits per heavy atom. The van der Waals surface area contributed by atoms with E-state index in [9.17, 15) is 9.59 Å². The summed E-state index contributed by atoms with van der Waals surface area (Å²) in [4.78, 5) is 28.8. The number of urea groups is 1. The molecule has 2 aromatic carbocycles. The lowest BCUT2D eigenvalue weighted by Crippen LogP contribution is -2.58. The Kier molecular flexibility index (Phi) is 5.86. The fourth-order valence-electron chi connectivity index (χ4n) is 3.10. The summed E-state index contributed by atoms with van der Waals surface area (Å²) in [5, 5.41) is 3.24. The van der Waals surface area contributed by atoms with Crippen LogP contribution in [0, 0.1) is 0 Å². The summed E-state index contributed by atoms with van der Waals surface area (Å²) in [6, 6.07) is 13.7. The average Bonchev–Trinajstić information content (AvgIpc) is 2.67. The third-order valence-corrected chi connectivity index (χ3v) is 4.78. The van der Waals surface area contributed by atoms with Crippen LogP contribution in [0.1, 0.15) is 13.8 Å². The van der Waals surface area contributed by atoms with Crippen molar-refractivity contribution in [3.05, 3.63) is 53.6 Å². The summed E-state index contributed by atoms with van der Waals surface area (Å²) in [6.07, 6.45) is 0. The highest BCUT2D eigenvalue weighted by Gasteiger charge is 2.35. The van der Waals surface area contributed by atoms with Crippen molar-refractivity contribution in [2.24, 2.45) is 0 Å². The molecule has 2 aromatic rings. The molecule has 0 unspecified atom stereocenters. The van der Waals surface area contributed by atoms with Gasteiger partial charge in [-0.3, -0.25) is 4.79 Å². The van der Waals surface area contributed by atoms with Gasteiger partial charge in [0.25, 0.3) is 0 Å². The molecule has 1 fully saturated rings. The molecule has 0 aliphatic carbocycles. The van der Waals surface area contributed by atoms with Gasteiger partial charge in [-0.25, -0.2) is 4.79 Å². The largest absolute Gasteiger partial charge is 0.490 e. The van der Waals surface area contributed by atoms with Gasteiger partial charge in [0.1, 0.15) is 6.04 Å². The highest BCUT2D eigenvalue weighted by Crippen LogP contribution is 2.33. The standard InChI is InChI=1S/C20H22ClN3O3/c1-3-27-18-16(21)10-7-11-17(18)22-20(26)23-12-13-24(19(25)14(23)2)15-8-5-4-6-9-15/h4-11,14H,3,12-13H2,1-2H3,(H,22,26)/t14-/m1/s1. The molecule has 27 heavy (non-hydrogen) atoms. The van der Waals surface area contributed by atoms with Crippen LogP contribution in [0.4, 0.5) is 16.2 Å². The fourth-order valence-corrected chi connectivity index (χ4v) is 3.33. The molecule has 0 aromatic heterocycles. The number of nitrogens with zero attached hydrogens (tertiary/aromatic N) is 2. The van der Waals surface area contributed by atoms with E-state index in [1.54, 1.807) is 30.0 Å². The van der Waals surface area contributed by atoms with E-state index in [0.717, 1.165) is 5.69 Å². The van der Waals surface area contributed by atoms with Crippen LogP contribution >= 0.6 is 11.6 Å². The smallest absolute Gasteiger partial charge is 0.322 e. The number of carbonyl (C=O) groups is 2. The fraction of sp³-hybridized carbons (Fsp3) is 0.300. The Bertz CT molecular complexity index is 828. The second-order valence-corrected chi connectivity index (χ2v) is 6.58. The van der Waals surface area contributed by atoms with Crippen LogP contribution in [-0.4, -0.2) is 42.6 Å². The number of anilines is 2. The molecule has 1 N–H and O–H groups in total. The van der Waals surface area contributed by atoms with Gasteiger partial charge in [0.15, 0.2) is 5.75 Å². The van der Waals surface area contributed by atoms with Crippen molar-refractivity contribution >= 4 is 34.9 Å². The predicted octanol–water partition coefficient (Wildman–Crippen LogP) is 4.01. The number of nitrogens with one attached hydrogen (secondary N) is 1. The monoisotopic (exact) mass is 387 g/mol. The normalized spacial score (nSPS) is 17.0. The molecule has 1 aliphatic heterocycles. The van der Waals surface area contributed by atoms with Crippen LogP contribution < -0.4 is 15.0 Å². The SMILES string of the molecule is CCOc1c(Cl)cccc1NC(=O)N1CCN(c2ccccc2)C(=O)[C@H]1C. The van der Waals surface area contributed by atoms with Crippen LogP contribution in [0.15, 0.2) is 48.5 Å². The van der Waals surface area contributed by atoms with Gasteiger partial charge in [0.05, 0.1) is 17.3 Å². The molecule has 0 saturated carbocycles. The topological polar surface area (TPSA) is 61.9 Å². The Morgan fingerprint density at radius 1 is 1.19 bits per heavy atom. The van der Waals surface area contributed by atoms with Crippen molar-refractivity contribution in [1.82, 2.24) is 4.90 Å². The molecule has 1 atom stereocenters. The van der Waals surface area contributed by atoms with Crippen LogP contribution in [0.5, 0.6) is 5.75 Å². The second-order valence-electron chi connectivity index (χ2n) is 6.17. The summed E-state index contributed by atoms with van der Waals surface area (Å²) in [6.45, 7) is 4.88. The zero-order chi connectivity index (χ0) is 19.4. The zero-order valence-corrected chi connectivity index (χ0v) is 16.1. The molecular formula is C20H22ClN3O3. The zero-order valence-electron chi connectivity index (χ0n) is 15.3. The highest BCUT2D eigenvalue weighted by atomic mass is 35.5. The molecule has 0 radical (unpaired) electrons. The number of hydrogen-bond donors (Lipinski definition) is 1. The minimum Gasteiger partial charge on any atom is -0.490 e. The summed E-state index contributed by atoms with van der Waals surface area (Å²) in [7, 11) is 0. The van der Waals surface area contributed by atoms with Crippen LogP contribution in [0.3, 0.4) is 0 Å². The van der Waals surface area contributed by atoms with Gasteiger partial charge >= 0.3 is 6.03 Å². The van der Waals surface area contributed by atoms with E-state index in [2.05, 4.69) is 5.32 Å². The summed E-state index contributed by atoms with van der Waals surface area (Å²) in [5.41, 5.74) is 1.32. The van der Waals surface area contributed by atoms with E-state index < -0.39 is 6.04 Å². The van der Waals surface area contributed by atoms with E-state index in [0.29, 0.717) is 36.2 Å². The summed E-state index contributed by atoms with van der Waals surface area (Å²) < 4.78 is 5.54. The quantitative estimate of drug-likeness (QED) is 0.862. The number of carbonyl (C=O) groups excluding carboxylic acids is 2. The number of hydrogen-bond acceptors (Lipinski definition) is 3.